The van der Waals surface area contributed by atoms with Crippen LogP contribution in [0.2, 0.25) is 0 Å². The molecule has 0 unspecified atom stereocenters. The standard InChI is InChI=1S/C13H8BrF5N2/c14-9-2-1-7(5-8(9)13(17,18)19)21-11-4-6(15)3-10(16)12(11)20/h1-5,21H,20H2. The van der Waals surface area contributed by atoms with Crippen LogP contribution in [-0.4, -0.2) is 0 Å². The summed E-state index contributed by atoms with van der Waals surface area (Å²) in [4.78, 5) is 0. The second kappa shape index (κ2) is 5.51. The molecule has 0 spiro atoms. The summed E-state index contributed by atoms with van der Waals surface area (Å²) < 4.78 is 64.6. The third-order valence-electron chi connectivity index (χ3n) is 2.65. The lowest BCUT2D eigenvalue weighted by Crippen LogP contribution is -2.07. The Balaban J connectivity index is 2.41. The molecule has 2 nitrogen and oxygen atoms in total. The van der Waals surface area contributed by atoms with Crippen LogP contribution in [0.1, 0.15) is 5.56 Å². The average Bonchev–Trinajstić information content (AvgIpc) is 2.36. The van der Waals surface area contributed by atoms with Crippen LogP contribution in [0.5, 0.6) is 0 Å². The van der Waals surface area contributed by atoms with Crippen molar-refractivity contribution in [3.05, 3.63) is 52.0 Å². The summed E-state index contributed by atoms with van der Waals surface area (Å²) in [5, 5.41) is 2.47. The molecule has 8 heteroatoms. The summed E-state index contributed by atoms with van der Waals surface area (Å²) in [5.41, 5.74) is 3.97. The van der Waals surface area contributed by atoms with E-state index >= 15 is 0 Å². The molecule has 0 amide bonds. The molecule has 0 bridgehead atoms. The maximum atomic E-state index is 13.3. The Morgan fingerprint density at radius 1 is 1.05 bits per heavy atom. The largest absolute Gasteiger partial charge is 0.417 e. The van der Waals surface area contributed by atoms with Crippen LogP contribution in [0.15, 0.2) is 34.8 Å². The molecule has 0 saturated heterocycles. The smallest absolute Gasteiger partial charge is 0.395 e. The van der Waals surface area contributed by atoms with Gasteiger partial charge in [0, 0.05) is 16.2 Å². The minimum Gasteiger partial charge on any atom is -0.395 e. The number of hydrogen-bond donors (Lipinski definition) is 2. The minimum atomic E-state index is -4.56. The van der Waals surface area contributed by atoms with E-state index in [2.05, 4.69) is 21.2 Å². The molecule has 0 heterocycles. The molecule has 0 aromatic heterocycles. The fourth-order valence-corrected chi connectivity index (χ4v) is 2.14. The number of rotatable bonds is 2. The number of hydrogen-bond acceptors (Lipinski definition) is 2. The molecule has 0 aliphatic heterocycles. The average molecular weight is 367 g/mol. The van der Waals surface area contributed by atoms with Crippen molar-refractivity contribution in [1.29, 1.82) is 0 Å². The molecule has 3 N–H and O–H groups in total. The number of nitrogens with one attached hydrogen (secondary N) is 1. The van der Waals surface area contributed by atoms with Gasteiger partial charge in [0.1, 0.15) is 5.82 Å². The molecule has 0 aliphatic carbocycles. The number of nitrogen functional groups attached to an aromatic ring is 1. The third kappa shape index (κ3) is 3.44. The molecule has 21 heavy (non-hydrogen) atoms. The van der Waals surface area contributed by atoms with E-state index in [1.54, 1.807) is 0 Å². The number of benzene rings is 2. The number of anilines is 3. The van der Waals surface area contributed by atoms with Crippen molar-refractivity contribution in [2.45, 2.75) is 6.18 Å². The summed E-state index contributed by atoms with van der Waals surface area (Å²) >= 11 is 2.80. The fourth-order valence-electron chi connectivity index (χ4n) is 1.66. The van der Waals surface area contributed by atoms with Crippen LogP contribution in [0.3, 0.4) is 0 Å². The Kier molecular flexibility index (Phi) is 4.08. The van der Waals surface area contributed by atoms with Crippen molar-refractivity contribution in [3.63, 3.8) is 0 Å². The summed E-state index contributed by atoms with van der Waals surface area (Å²) in [6.07, 6.45) is -4.56. The van der Waals surface area contributed by atoms with E-state index in [0.29, 0.717) is 6.07 Å². The molecular weight excluding hydrogens is 359 g/mol. The van der Waals surface area contributed by atoms with E-state index in [1.807, 2.05) is 0 Å². The summed E-state index contributed by atoms with van der Waals surface area (Å²) in [7, 11) is 0. The summed E-state index contributed by atoms with van der Waals surface area (Å²) in [5.74, 6) is -1.89. The van der Waals surface area contributed by atoms with E-state index in [4.69, 9.17) is 5.73 Å². The van der Waals surface area contributed by atoms with Gasteiger partial charge in [0.2, 0.25) is 0 Å². The number of alkyl halides is 3. The number of halogens is 6. The number of nitrogens with two attached hydrogens (primary N) is 1. The lowest BCUT2D eigenvalue weighted by Gasteiger charge is -2.14. The van der Waals surface area contributed by atoms with Crippen LogP contribution < -0.4 is 11.1 Å². The molecule has 0 radical (unpaired) electrons. The van der Waals surface area contributed by atoms with Gasteiger partial charge in [-0.1, -0.05) is 15.9 Å². The quantitative estimate of drug-likeness (QED) is 0.575. The maximum absolute atomic E-state index is 13.3. The Hall–Kier alpha value is -1.83. The molecule has 0 fully saturated rings. The maximum Gasteiger partial charge on any atom is 0.417 e. The van der Waals surface area contributed by atoms with E-state index in [1.165, 1.54) is 12.1 Å². The topological polar surface area (TPSA) is 38.0 Å². The fraction of sp³-hybridized carbons (Fsp3) is 0.0769. The van der Waals surface area contributed by atoms with E-state index < -0.39 is 23.4 Å². The van der Waals surface area contributed by atoms with Gasteiger partial charge in [-0.25, -0.2) is 8.78 Å². The highest BCUT2D eigenvalue weighted by atomic mass is 79.9. The van der Waals surface area contributed by atoms with E-state index in [0.717, 1.165) is 12.1 Å². The van der Waals surface area contributed by atoms with Crippen LogP contribution >= 0.6 is 15.9 Å². The predicted molar refractivity (Wildman–Crippen MR) is 73.2 cm³/mol. The molecule has 2 aromatic rings. The second-order valence-electron chi connectivity index (χ2n) is 4.17. The zero-order valence-corrected chi connectivity index (χ0v) is 11.8. The zero-order chi connectivity index (χ0) is 15.8. The van der Waals surface area contributed by atoms with Gasteiger partial charge >= 0.3 is 6.18 Å². The van der Waals surface area contributed by atoms with Crippen molar-refractivity contribution in [2.75, 3.05) is 11.1 Å². The van der Waals surface area contributed by atoms with Gasteiger partial charge in [0.15, 0.2) is 5.82 Å². The summed E-state index contributed by atoms with van der Waals surface area (Å²) in [6.45, 7) is 0. The Labute approximate surface area is 124 Å². The van der Waals surface area contributed by atoms with E-state index in [9.17, 15) is 22.0 Å². The Morgan fingerprint density at radius 3 is 2.33 bits per heavy atom. The first kappa shape index (κ1) is 15.6. The van der Waals surface area contributed by atoms with Gasteiger partial charge in [-0.2, -0.15) is 13.2 Å². The lowest BCUT2D eigenvalue weighted by molar-refractivity contribution is -0.138. The molecule has 0 aliphatic rings. The van der Waals surface area contributed by atoms with Crippen molar-refractivity contribution < 1.29 is 22.0 Å². The van der Waals surface area contributed by atoms with E-state index in [-0.39, 0.29) is 21.5 Å². The SMILES string of the molecule is Nc1c(F)cc(F)cc1Nc1ccc(Br)c(C(F)(F)F)c1. The Bertz CT molecular complexity index is 685. The molecule has 2 aromatic carbocycles. The molecule has 112 valence electrons. The highest BCUT2D eigenvalue weighted by Crippen LogP contribution is 2.37. The van der Waals surface area contributed by atoms with Gasteiger partial charge in [-0.05, 0) is 24.3 Å². The highest BCUT2D eigenvalue weighted by molar-refractivity contribution is 9.10. The predicted octanol–water partition coefficient (Wildman–Crippen LogP) is 5.07. The van der Waals surface area contributed by atoms with Gasteiger partial charge < -0.3 is 11.1 Å². The third-order valence-corrected chi connectivity index (χ3v) is 3.34. The molecule has 2 rings (SSSR count). The van der Waals surface area contributed by atoms with Crippen LogP contribution in [0.4, 0.5) is 39.0 Å². The Morgan fingerprint density at radius 2 is 1.71 bits per heavy atom. The van der Waals surface area contributed by atoms with Crippen LogP contribution in [-0.2, 0) is 6.18 Å². The van der Waals surface area contributed by atoms with Gasteiger partial charge in [-0.3, -0.25) is 0 Å². The lowest BCUT2D eigenvalue weighted by atomic mass is 10.1. The molecule has 0 saturated carbocycles. The van der Waals surface area contributed by atoms with Crippen molar-refractivity contribution in [2.24, 2.45) is 0 Å². The first-order chi connectivity index (χ1) is 9.68. The molecular formula is C13H8BrF5N2. The monoisotopic (exact) mass is 366 g/mol. The zero-order valence-electron chi connectivity index (χ0n) is 10.2. The van der Waals surface area contributed by atoms with Crippen LogP contribution in [0.25, 0.3) is 0 Å². The highest BCUT2D eigenvalue weighted by Gasteiger charge is 2.33. The van der Waals surface area contributed by atoms with Gasteiger partial charge in [-0.15, -0.1) is 0 Å². The minimum absolute atomic E-state index is 0.00206. The second-order valence-corrected chi connectivity index (χ2v) is 5.02. The first-order valence-corrected chi connectivity index (χ1v) is 6.36. The van der Waals surface area contributed by atoms with Crippen LogP contribution in [0, 0.1) is 11.6 Å². The van der Waals surface area contributed by atoms with Gasteiger partial charge in [0.25, 0.3) is 0 Å². The summed E-state index contributed by atoms with van der Waals surface area (Å²) in [6, 6.07) is 4.79. The van der Waals surface area contributed by atoms with Crippen molar-refractivity contribution in [1.82, 2.24) is 0 Å². The van der Waals surface area contributed by atoms with Crippen molar-refractivity contribution in [3.8, 4) is 0 Å². The molecule has 0 atom stereocenters. The van der Waals surface area contributed by atoms with Gasteiger partial charge in [0.05, 0.1) is 16.9 Å². The van der Waals surface area contributed by atoms with Crippen molar-refractivity contribution >= 4 is 33.0 Å². The normalized spacial score (nSPS) is 11.5. The first-order valence-electron chi connectivity index (χ1n) is 5.57.